The van der Waals surface area contributed by atoms with Crippen LogP contribution in [0.15, 0.2) is 22.4 Å². The van der Waals surface area contributed by atoms with Gasteiger partial charge in [-0.05, 0) is 44.4 Å². The van der Waals surface area contributed by atoms with Gasteiger partial charge in [-0.2, -0.15) is 31.8 Å². The lowest BCUT2D eigenvalue weighted by Gasteiger charge is -2.36. The molecule has 3 rings (SSSR count). The van der Waals surface area contributed by atoms with Gasteiger partial charge in [0, 0.05) is 25.3 Å². The number of halogens is 3. The molecule has 0 spiro atoms. The highest BCUT2D eigenvalue weighted by molar-refractivity contribution is 7.93. The van der Waals surface area contributed by atoms with Gasteiger partial charge in [0.2, 0.25) is 0 Å². The van der Waals surface area contributed by atoms with Crippen molar-refractivity contribution in [3.05, 3.63) is 23.4 Å². The normalized spacial score (nSPS) is 16.8. The highest BCUT2D eigenvalue weighted by Crippen LogP contribution is 2.40. The molecule has 0 bridgehead atoms. The predicted octanol–water partition coefficient (Wildman–Crippen LogP) is 3.71. The van der Waals surface area contributed by atoms with Crippen molar-refractivity contribution < 1.29 is 21.6 Å². The van der Waals surface area contributed by atoms with Crippen LogP contribution in [-0.2, 0) is 23.5 Å². The molecule has 2 aromatic rings. The van der Waals surface area contributed by atoms with Gasteiger partial charge in [0.15, 0.2) is 11.5 Å². The maximum Gasteiger partial charge on any atom is 0.516 e. The second kappa shape index (κ2) is 8.30. The molecule has 172 valence electrons. The van der Waals surface area contributed by atoms with E-state index in [9.17, 15) is 21.6 Å². The molecule has 0 saturated heterocycles. The minimum absolute atomic E-state index is 0.0370. The van der Waals surface area contributed by atoms with Crippen LogP contribution in [0, 0.1) is 11.3 Å². The van der Waals surface area contributed by atoms with E-state index in [0.717, 1.165) is 12.0 Å². The van der Waals surface area contributed by atoms with Crippen molar-refractivity contribution in [1.29, 1.82) is 5.26 Å². The Hall–Kier alpha value is -3.34. The molecule has 1 atom stereocenters. The van der Waals surface area contributed by atoms with Crippen LogP contribution in [0.2, 0.25) is 0 Å². The Labute approximate surface area is 182 Å². The van der Waals surface area contributed by atoms with E-state index < -0.39 is 15.5 Å². The molecule has 1 aromatic heterocycles. The summed E-state index contributed by atoms with van der Waals surface area (Å²) in [5.74, 6) is -0.148. The summed E-state index contributed by atoms with van der Waals surface area (Å²) in [7, 11) is -4.22. The maximum atomic E-state index is 13.0. The summed E-state index contributed by atoms with van der Waals surface area (Å²) in [6, 6.07) is 4.81. The average molecular weight is 470 g/mol. The van der Waals surface area contributed by atoms with Crippen LogP contribution in [0.1, 0.15) is 31.5 Å². The van der Waals surface area contributed by atoms with Crippen molar-refractivity contribution in [3.63, 3.8) is 0 Å². The molecule has 0 saturated carbocycles. The molecule has 1 aliphatic rings. The lowest BCUT2D eigenvalue weighted by Crippen LogP contribution is -2.37. The maximum absolute atomic E-state index is 13.0. The third-order valence-corrected chi connectivity index (χ3v) is 6.31. The number of azo groups is 1. The molecule has 2 heterocycles. The van der Waals surface area contributed by atoms with E-state index >= 15 is 0 Å². The molecule has 10 nitrogen and oxygen atoms in total. The zero-order valence-electron chi connectivity index (χ0n) is 17.5. The smallest absolute Gasteiger partial charge is 0.381 e. The molecular weight excluding hydrogens is 449 g/mol. The van der Waals surface area contributed by atoms with Gasteiger partial charge in [-0.1, -0.05) is 0 Å². The summed E-state index contributed by atoms with van der Waals surface area (Å²) in [5, 5.41) is 16.9. The zero-order chi connectivity index (χ0) is 23.8. The van der Waals surface area contributed by atoms with Gasteiger partial charge in [0.05, 0.1) is 5.69 Å². The van der Waals surface area contributed by atoms with Gasteiger partial charge in [-0.25, -0.2) is 0 Å². The Balaban J connectivity index is 2.13. The first-order valence-electron chi connectivity index (χ1n) is 9.56. The van der Waals surface area contributed by atoms with Crippen molar-refractivity contribution in [2.75, 3.05) is 21.9 Å². The van der Waals surface area contributed by atoms with Gasteiger partial charge in [0.1, 0.15) is 11.8 Å². The number of nitrogen functional groups attached to an aromatic ring is 1. The summed E-state index contributed by atoms with van der Waals surface area (Å²) in [5.41, 5.74) is 1.09. The number of anilines is 3. The number of nitrogens with one attached hydrogen (secondary N) is 1. The average Bonchev–Trinajstić information content (AvgIpc) is 2.98. The Kier molecular flexibility index (Phi) is 6.05. The van der Waals surface area contributed by atoms with Crippen LogP contribution in [0.4, 0.5) is 42.0 Å². The van der Waals surface area contributed by atoms with Crippen molar-refractivity contribution in [2.45, 2.75) is 38.2 Å². The van der Waals surface area contributed by atoms with Gasteiger partial charge >= 0.3 is 15.5 Å². The zero-order valence-corrected chi connectivity index (χ0v) is 18.3. The molecule has 1 unspecified atom stereocenters. The van der Waals surface area contributed by atoms with Gasteiger partial charge in [-0.3, -0.25) is 4.72 Å². The fourth-order valence-electron chi connectivity index (χ4n) is 3.52. The standard InChI is InChI=1S/C18H21F3N8O2S/c1-4-29-10(2)5-6-11-7-12(25-26-17-24-16(23)15(9-22)28(17)3)13(8-14(11)29)27-32(30,31)18(19,20)21/h7-8,10,27H,4-6,23H2,1-3H3. The highest BCUT2D eigenvalue weighted by Gasteiger charge is 2.46. The molecule has 0 amide bonds. The predicted molar refractivity (Wildman–Crippen MR) is 112 cm³/mol. The third kappa shape index (κ3) is 4.20. The second-order valence-corrected chi connectivity index (χ2v) is 8.91. The number of imidazole rings is 1. The van der Waals surface area contributed by atoms with E-state index in [-0.39, 0.29) is 34.9 Å². The van der Waals surface area contributed by atoms with E-state index in [0.29, 0.717) is 18.7 Å². The summed E-state index contributed by atoms with van der Waals surface area (Å²) < 4.78 is 65.4. The number of sulfonamides is 1. The topological polar surface area (TPSA) is 142 Å². The van der Waals surface area contributed by atoms with E-state index in [2.05, 4.69) is 15.2 Å². The van der Waals surface area contributed by atoms with E-state index in [1.165, 1.54) is 23.7 Å². The summed E-state index contributed by atoms with van der Waals surface area (Å²) in [6.07, 6.45) is 1.45. The highest BCUT2D eigenvalue weighted by atomic mass is 32.2. The number of alkyl halides is 3. The molecule has 0 fully saturated rings. The van der Waals surface area contributed by atoms with Crippen molar-refractivity contribution in [2.24, 2.45) is 17.3 Å². The first kappa shape index (κ1) is 23.3. The largest absolute Gasteiger partial charge is 0.516 e. The van der Waals surface area contributed by atoms with E-state index in [4.69, 9.17) is 11.0 Å². The van der Waals surface area contributed by atoms with Crippen LogP contribution in [0.5, 0.6) is 0 Å². The molecule has 1 aromatic carbocycles. The van der Waals surface area contributed by atoms with Crippen LogP contribution in [0.3, 0.4) is 0 Å². The fraction of sp³-hybridized carbons (Fsp3) is 0.444. The number of fused-ring (bicyclic) bond motifs is 1. The van der Waals surface area contributed by atoms with E-state index in [1.54, 1.807) is 4.72 Å². The Morgan fingerprint density at radius 1 is 1.38 bits per heavy atom. The van der Waals surface area contributed by atoms with Crippen LogP contribution >= 0.6 is 0 Å². The molecule has 1 aliphatic heterocycles. The number of aromatic nitrogens is 2. The fourth-order valence-corrected chi connectivity index (χ4v) is 4.09. The Morgan fingerprint density at radius 3 is 2.62 bits per heavy atom. The lowest BCUT2D eigenvalue weighted by atomic mass is 9.95. The summed E-state index contributed by atoms with van der Waals surface area (Å²) >= 11 is 0. The SMILES string of the molecule is CCN1c2cc(NS(=O)(=O)C(F)(F)F)c(N=Nc3nc(N)c(C#N)n3C)cc2CCC1C. The number of nitriles is 1. The van der Waals surface area contributed by atoms with Gasteiger partial charge in [-0.15, -0.1) is 10.2 Å². The van der Waals surface area contributed by atoms with Crippen LogP contribution in [0.25, 0.3) is 0 Å². The van der Waals surface area contributed by atoms with Crippen molar-refractivity contribution in [1.82, 2.24) is 9.55 Å². The molecule has 3 N–H and O–H groups in total. The third-order valence-electron chi connectivity index (χ3n) is 5.21. The van der Waals surface area contributed by atoms with Crippen molar-refractivity contribution in [3.8, 4) is 6.07 Å². The lowest BCUT2D eigenvalue weighted by molar-refractivity contribution is -0.0429. The molecule has 14 heteroatoms. The van der Waals surface area contributed by atoms with E-state index in [1.807, 2.05) is 24.8 Å². The van der Waals surface area contributed by atoms with Gasteiger partial charge < -0.3 is 15.2 Å². The number of rotatable bonds is 5. The van der Waals surface area contributed by atoms with Crippen LogP contribution in [-0.4, -0.2) is 36.1 Å². The van der Waals surface area contributed by atoms with Crippen molar-refractivity contribution >= 4 is 38.9 Å². The van der Waals surface area contributed by atoms with Gasteiger partial charge in [0.25, 0.3) is 5.95 Å². The number of hydrogen-bond donors (Lipinski definition) is 2. The number of aryl methyl sites for hydroxylation is 1. The monoisotopic (exact) mass is 470 g/mol. The number of hydrogen-bond acceptors (Lipinski definition) is 8. The number of benzene rings is 1. The summed E-state index contributed by atoms with van der Waals surface area (Å²) in [4.78, 5) is 5.87. The molecule has 0 radical (unpaired) electrons. The first-order chi connectivity index (χ1) is 14.9. The summed E-state index contributed by atoms with van der Waals surface area (Å²) in [6.45, 7) is 4.47. The number of nitrogens with zero attached hydrogens (tertiary/aromatic N) is 6. The first-order valence-corrected chi connectivity index (χ1v) is 11.0. The molecule has 32 heavy (non-hydrogen) atoms. The molecule has 0 aliphatic carbocycles. The van der Waals surface area contributed by atoms with Crippen LogP contribution < -0.4 is 15.4 Å². The Morgan fingerprint density at radius 2 is 2.06 bits per heavy atom. The minimum Gasteiger partial charge on any atom is -0.381 e. The Bertz CT molecular complexity index is 1210. The number of nitrogens with two attached hydrogens (primary N) is 1. The minimum atomic E-state index is -5.69. The second-order valence-electron chi connectivity index (χ2n) is 7.24. The quantitative estimate of drug-likeness (QED) is 0.638. The molecular formula is C18H21F3N8O2S.